The number of nitrogens with one attached hydrogen (secondary N) is 1. The van der Waals surface area contributed by atoms with Crippen molar-refractivity contribution < 1.29 is 17.9 Å². The first kappa shape index (κ1) is 21.3. The number of anilines is 1. The minimum absolute atomic E-state index is 0.0964. The lowest BCUT2D eigenvalue weighted by Gasteiger charge is -2.25. The van der Waals surface area contributed by atoms with Crippen molar-refractivity contribution in [3.05, 3.63) is 84.2 Å². The first-order valence-corrected chi connectivity index (χ1v) is 10.7. The molecule has 7 nitrogen and oxygen atoms in total. The predicted octanol–water partition coefficient (Wildman–Crippen LogP) is 2.91. The molecule has 0 spiro atoms. The van der Waals surface area contributed by atoms with Crippen LogP contribution in [0.1, 0.15) is 11.1 Å². The van der Waals surface area contributed by atoms with Crippen LogP contribution in [0.15, 0.2) is 78.0 Å². The normalized spacial score (nSPS) is 11.0. The van der Waals surface area contributed by atoms with Crippen LogP contribution < -0.4 is 14.4 Å². The van der Waals surface area contributed by atoms with E-state index in [1.165, 1.54) is 19.2 Å². The first-order valence-electron chi connectivity index (χ1n) is 9.30. The van der Waals surface area contributed by atoms with Gasteiger partial charge in [-0.25, -0.2) is 8.42 Å². The number of rotatable bonds is 8. The molecule has 0 aliphatic carbocycles. The summed E-state index contributed by atoms with van der Waals surface area (Å²) in [4.78, 5) is 16.8. The van der Waals surface area contributed by atoms with Crippen LogP contribution in [0.4, 0.5) is 5.69 Å². The highest BCUT2D eigenvalue weighted by Crippen LogP contribution is 2.32. The maximum atomic E-state index is 13.4. The SMILES string of the molecule is COc1ccccc1N(CC(=O)NCc1cccnc1)S(=O)(=O)c1ccc(C)cc1. The van der Waals surface area contributed by atoms with Crippen LogP contribution in [0.3, 0.4) is 0 Å². The third-order valence-corrected chi connectivity index (χ3v) is 6.24. The molecule has 0 saturated carbocycles. The number of ether oxygens (including phenoxy) is 1. The molecule has 2 aromatic carbocycles. The molecule has 3 rings (SSSR count). The molecular weight excluding hydrogens is 402 g/mol. The van der Waals surface area contributed by atoms with E-state index in [1.807, 2.05) is 13.0 Å². The van der Waals surface area contributed by atoms with Crippen LogP contribution >= 0.6 is 0 Å². The Hall–Kier alpha value is -3.39. The molecule has 1 heterocycles. The second-order valence-corrected chi connectivity index (χ2v) is 8.50. The number of hydrogen-bond acceptors (Lipinski definition) is 5. The zero-order valence-corrected chi connectivity index (χ0v) is 17.6. The average molecular weight is 426 g/mol. The second kappa shape index (κ2) is 9.41. The number of hydrogen-bond donors (Lipinski definition) is 1. The van der Waals surface area contributed by atoms with E-state index in [2.05, 4.69) is 10.3 Å². The minimum atomic E-state index is -4.00. The summed E-state index contributed by atoms with van der Waals surface area (Å²) in [5.74, 6) is -0.0892. The molecule has 156 valence electrons. The number of aromatic nitrogens is 1. The van der Waals surface area contributed by atoms with Crippen molar-refractivity contribution in [1.82, 2.24) is 10.3 Å². The van der Waals surface area contributed by atoms with Gasteiger partial charge in [0.25, 0.3) is 10.0 Å². The van der Waals surface area contributed by atoms with Gasteiger partial charge in [0.1, 0.15) is 12.3 Å². The summed E-state index contributed by atoms with van der Waals surface area (Å²) in [6.07, 6.45) is 3.28. The van der Waals surface area contributed by atoms with Crippen molar-refractivity contribution in [3.8, 4) is 5.75 Å². The number of methoxy groups -OCH3 is 1. The van der Waals surface area contributed by atoms with Gasteiger partial charge >= 0.3 is 0 Å². The second-order valence-electron chi connectivity index (χ2n) is 6.63. The molecule has 0 radical (unpaired) electrons. The van der Waals surface area contributed by atoms with Crippen molar-refractivity contribution in [3.63, 3.8) is 0 Å². The van der Waals surface area contributed by atoms with Gasteiger partial charge in [0.2, 0.25) is 5.91 Å². The largest absolute Gasteiger partial charge is 0.495 e. The molecule has 0 unspecified atom stereocenters. The fraction of sp³-hybridized carbons (Fsp3) is 0.182. The van der Waals surface area contributed by atoms with E-state index in [1.54, 1.807) is 54.9 Å². The molecule has 30 heavy (non-hydrogen) atoms. The molecule has 0 aliphatic heterocycles. The zero-order chi connectivity index (χ0) is 21.6. The van der Waals surface area contributed by atoms with Crippen LogP contribution in [0.25, 0.3) is 0 Å². The van der Waals surface area contributed by atoms with Gasteiger partial charge in [0.15, 0.2) is 0 Å². The summed E-state index contributed by atoms with van der Waals surface area (Å²) in [6, 6.07) is 16.8. The van der Waals surface area contributed by atoms with Gasteiger partial charge in [-0.1, -0.05) is 35.9 Å². The summed E-state index contributed by atoms with van der Waals surface area (Å²) in [5.41, 5.74) is 2.04. The van der Waals surface area contributed by atoms with E-state index in [4.69, 9.17) is 4.74 Å². The maximum absolute atomic E-state index is 13.4. The number of pyridine rings is 1. The number of para-hydroxylation sites is 2. The highest BCUT2D eigenvalue weighted by Gasteiger charge is 2.29. The molecule has 0 bridgehead atoms. The van der Waals surface area contributed by atoms with Crippen LogP contribution in [0.2, 0.25) is 0 Å². The number of aryl methyl sites for hydroxylation is 1. The summed E-state index contributed by atoms with van der Waals surface area (Å²) in [7, 11) is -2.55. The first-order chi connectivity index (χ1) is 14.4. The topological polar surface area (TPSA) is 88.6 Å². The van der Waals surface area contributed by atoms with E-state index in [0.717, 1.165) is 15.4 Å². The number of benzene rings is 2. The summed E-state index contributed by atoms with van der Waals surface area (Å²) in [5, 5.41) is 2.74. The van der Waals surface area contributed by atoms with E-state index in [9.17, 15) is 13.2 Å². The van der Waals surface area contributed by atoms with Gasteiger partial charge in [0.05, 0.1) is 17.7 Å². The van der Waals surface area contributed by atoms with Crippen molar-refractivity contribution in [2.75, 3.05) is 18.0 Å². The van der Waals surface area contributed by atoms with Crippen LogP contribution in [-0.2, 0) is 21.4 Å². The Kier molecular flexibility index (Phi) is 6.68. The van der Waals surface area contributed by atoms with Gasteiger partial charge in [-0.15, -0.1) is 0 Å². The van der Waals surface area contributed by atoms with Crippen molar-refractivity contribution >= 4 is 21.6 Å². The number of carbonyl (C=O) groups is 1. The maximum Gasteiger partial charge on any atom is 0.264 e. The highest BCUT2D eigenvalue weighted by atomic mass is 32.2. The Balaban J connectivity index is 1.91. The van der Waals surface area contributed by atoms with Crippen LogP contribution in [-0.4, -0.2) is 33.0 Å². The van der Waals surface area contributed by atoms with Gasteiger partial charge in [-0.2, -0.15) is 0 Å². The average Bonchev–Trinajstić information content (AvgIpc) is 2.77. The number of carbonyl (C=O) groups excluding carboxylic acids is 1. The van der Waals surface area contributed by atoms with Crippen molar-refractivity contribution in [2.45, 2.75) is 18.4 Å². The van der Waals surface area contributed by atoms with E-state index in [0.29, 0.717) is 5.75 Å². The lowest BCUT2D eigenvalue weighted by atomic mass is 10.2. The quantitative estimate of drug-likeness (QED) is 0.600. The van der Waals surface area contributed by atoms with Crippen LogP contribution in [0.5, 0.6) is 5.75 Å². The molecule has 0 aliphatic rings. The Morgan fingerprint density at radius 3 is 2.47 bits per heavy atom. The smallest absolute Gasteiger partial charge is 0.264 e. The van der Waals surface area contributed by atoms with Gasteiger partial charge in [0, 0.05) is 18.9 Å². The molecule has 1 aromatic heterocycles. The van der Waals surface area contributed by atoms with Gasteiger partial charge < -0.3 is 10.1 Å². The third kappa shape index (κ3) is 4.96. The lowest BCUT2D eigenvalue weighted by Crippen LogP contribution is -2.40. The minimum Gasteiger partial charge on any atom is -0.495 e. The summed E-state index contributed by atoms with van der Waals surface area (Å²) >= 11 is 0. The summed E-state index contributed by atoms with van der Waals surface area (Å²) in [6.45, 7) is 1.73. The molecule has 1 amide bonds. The molecular formula is C22H23N3O4S. The fourth-order valence-electron chi connectivity index (χ4n) is 2.86. The van der Waals surface area contributed by atoms with E-state index in [-0.39, 0.29) is 17.1 Å². The number of sulfonamides is 1. The predicted molar refractivity (Wildman–Crippen MR) is 115 cm³/mol. The number of amides is 1. The molecule has 0 fully saturated rings. The molecule has 8 heteroatoms. The van der Waals surface area contributed by atoms with Crippen LogP contribution in [0, 0.1) is 6.92 Å². The molecule has 0 atom stereocenters. The Morgan fingerprint density at radius 1 is 1.07 bits per heavy atom. The van der Waals surface area contributed by atoms with Gasteiger partial charge in [-0.3, -0.25) is 14.1 Å². The third-order valence-electron chi connectivity index (χ3n) is 4.46. The Morgan fingerprint density at radius 2 is 1.80 bits per heavy atom. The zero-order valence-electron chi connectivity index (χ0n) is 16.8. The highest BCUT2D eigenvalue weighted by molar-refractivity contribution is 7.92. The Labute approximate surface area is 176 Å². The van der Waals surface area contributed by atoms with E-state index < -0.39 is 22.5 Å². The fourth-order valence-corrected chi connectivity index (χ4v) is 4.29. The van der Waals surface area contributed by atoms with Crippen molar-refractivity contribution in [2.24, 2.45) is 0 Å². The van der Waals surface area contributed by atoms with Crippen molar-refractivity contribution in [1.29, 1.82) is 0 Å². The Bertz CT molecular complexity index is 1100. The molecule has 1 N–H and O–H groups in total. The molecule has 0 saturated heterocycles. The lowest BCUT2D eigenvalue weighted by molar-refractivity contribution is -0.119. The monoisotopic (exact) mass is 425 g/mol. The number of nitrogens with zero attached hydrogens (tertiary/aromatic N) is 2. The van der Waals surface area contributed by atoms with E-state index >= 15 is 0 Å². The summed E-state index contributed by atoms with van der Waals surface area (Å²) < 4.78 is 33.2. The van der Waals surface area contributed by atoms with Gasteiger partial charge in [-0.05, 0) is 42.8 Å². The molecule has 3 aromatic rings. The standard InChI is InChI=1S/C22H23N3O4S/c1-17-9-11-19(12-10-17)30(27,28)25(20-7-3-4-8-21(20)29-2)16-22(26)24-15-18-6-5-13-23-14-18/h3-14H,15-16H2,1-2H3,(H,24,26).